The molecule has 1 atom stereocenters. The van der Waals surface area contributed by atoms with E-state index in [2.05, 4.69) is 4.74 Å². The molecule has 22 heavy (non-hydrogen) atoms. The lowest BCUT2D eigenvalue weighted by molar-refractivity contribution is -0.127. The van der Waals surface area contributed by atoms with Gasteiger partial charge in [0.1, 0.15) is 17.3 Å². The minimum absolute atomic E-state index is 0.0189. The van der Waals surface area contributed by atoms with Gasteiger partial charge in [-0.15, -0.1) is 0 Å². The zero-order valence-corrected chi connectivity index (χ0v) is 14.9. The van der Waals surface area contributed by atoms with Crippen LogP contribution in [0, 0.1) is 11.8 Å². The smallest absolute Gasteiger partial charge is 0.142 e. The largest absolute Gasteiger partial charge is 0.497 e. The molecular formula is C18H30O4. The lowest BCUT2D eigenvalue weighted by Crippen LogP contribution is -2.30. The van der Waals surface area contributed by atoms with E-state index in [0.29, 0.717) is 6.61 Å². The monoisotopic (exact) mass is 310 g/mol. The summed E-state index contributed by atoms with van der Waals surface area (Å²) in [7, 11) is 4.89. The Kier molecular flexibility index (Phi) is 10.3. The molecule has 1 aliphatic rings. The van der Waals surface area contributed by atoms with E-state index in [-0.39, 0.29) is 17.6 Å². The molecule has 1 heterocycles. The zero-order valence-electron chi connectivity index (χ0n) is 14.9. The SMILES string of the molecule is CC.COC.COc1ccc2c(c1)CC(C(=O)C(C)C)CO2. The number of Topliss-reactive ketones (excluding diaryl/α,β-unsaturated/α-hetero) is 1. The van der Waals surface area contributed by atoms with E-state index in [1.807, 2.05) is 45.9 Å². The van der Waals surface area contributed by atoms with E-state index in [0.717, 1.165) is 23.5 Å². The standard InChI is InChI=1S/C14H18O3.C2H6O.C2H6/c1-9(2)14(15)11-6-10-7-12(16-3)4-5-13(10)17-8-11;1-3-2;1-2/h4-5,7,9,11H,6,8H2,1-3H3;1-2H3;1-2H3. The maximum absolute atomic E-state index is 12.0. The Labute approximate surface area is 134 Å². The van der Waals surface area contributed by atoms with Crippen molar-refractivity contribution in [1.82, 2.24) is 0 Å². The van der Waals surface area contributed by atoms with Gasteiger partial charge in [0.05, 0.1) is 19.6 Å². The third kappa shape index (κ3) is 6.06. The van der Waals surface area contributed by atoms with Crippen molar-refractivity contribution in [3.05, 3.63) is 23.8 Å². The first-order valence-electron chi connectivity index (χ1n) is 7.77. The molecule has 0 saturated heterocycles. The molecule has 0 saturated carbocycles. The number of benzene rings is 1. The van der Waals surface area contributed by atoms with Crippen molar-refractivity contribution in [2.45, 2.75) is 34.1 Å². The van der Waals surface area contributed by atoms with Gasteiger partial charge in [-0.3, -0.25) is 4.79 Å². The number of hydrogen-bond donors (Lipinski definition) is 0. The number of methoxy groups -OCH3 is 2. The molecule has 0 spiro atoms. The molecule has 4 heteroatoms. The van der Waals surface area contributed by atoms with E-state index < -0.39 is 0 Å². The maximum atomic E-state index is 12.0. The molecule has 126 valence electrons. The highest BCUT2D eigenvalue weighted by Gasteiger charge is 2.27. The average Bonchev–Trinajstić information content (AvgIpc) is 2.55. The maximum Gasteiger partial charge on any atom is 0.142 e. The van der Waals surface area contributed by atoms with Gasteiger partial charge in [0.2, 0.25) is 0 Å². The van der Waals surface area contributed by atoms with Gasteiger partial charge in [-0.25, -0.2) is 0 Å². The number of rotatable bonds is 3. The van der Waals surface area contributed by atoms with Crippen LogP contribution in [0.1, 0.15) is 33.3 Å². The quantitative estimate of drug-likeness (QED) is 0.852. The topological polar surface area (TPSA) is 44.8 Å². The fraction of sp³-hybridized carbons (Fsp3) is 0.611. The molecule has 0 fully saturated rings. The fourth-order valence-corrected chi connectivity index (χ4v) is 2.15. The first kappa shape index (κ1) is 20.5. The van der Waals surface area contributed by atoms with Crippen LogP contribution in [0.5, 0.6) is 11.5 Å². The predicted octanol–water partition coefficient (Wildman–Crippen LogP) is 3.76. The van der Waals surface area contributed by atoms with Crippen molar-refractivity contribution >= 4 is 5.78 Å². The summed E-state index contributed by atoms with van der Waals surface area (Å²) in [5, 5.41) is 0. The molecule has 2 rings (SSSR count). The molecule has 1 aromatic rings. The van der Waals surface area contributed by atoms with Gasteiger partial charge in [0, 0.05) is 20.1 Å². The second-order valence-electron chi connectivity index (χ2n) is 5.15. The molecule has 1 aliphatic heterocycles. The number of ether oxygens (including phenoxy) is 3. The van der Waals surface area contributed by atoms with Gasteiger partial charge in [-0.05, 0) is 30.2 Å². The molecular weight excluding hydrogens is 280 g/mol. The summed E-state index contributed by atoms with van der Waals surface area (Å²) in [5.74, 6) is 2.01. The summed E-state index contributed by atoms with van der Waals surface area (Å²) < 4.78 is 15.1. The molecule has 0 aliphatic carbocycles. The van der Waals surface area contributed by atoms with Crippen LogP contribution in [-0.4, -0.2) is 33.7 Å². The van der Waals surface area contributed by atoms with Crippen LogP contribution in [0.3, 0.4) is 0 Å². The minimum atomic E-state index is -0.0189. The van der Waals surface area contributed by atoms with E-state index in [9.17, 15) is 4.79 Å². The number of carbonyl (C=O) groups is 1. The highest BCUT2D eigenvalue weighted by molar-refractivity contribution is 5.83. The van der Waals surface area contributed by atoms with Gasteiger partial charge >= 0.3 is 0 Å². The molecule has 0 radical (unpaired) electrons. The molecule has 4 nitrogen and oxygen atoms in total. The second-order valence-corrected chi connectivity index (χ2v) is 5.15. The Morgan fingerprint density at radius 1 is 1.23 bits per heavy atom. The van der Waals surface area contributed by atoms with Gasteiger partial charge in [-0.2, -0.15) is 0 Å². The second kappa shape index (κ2) is 11.1. The van der Waals surface area contributed by atoms with Crippen molar-refractivity contribution in [2.75, 3.05) is 27.9 Å². The Hall–Kier alpha value is -1.55. The van der Waals surface area contributed by atoms with Crippen LogP contribution >= 0.6 is 0 Å². The van der Waals surface area contributed by atoms with Crippen molar-refractivity contribution in [1.29, 1.82) is 0 Å². The van der Waals surface area contributed by atoms with Crippen LogP contribution in [0.2, 0.25) is 0 Å². The molecule has 0 bridgehead atoms. The van der Waals surface area contributed by atoms with Crippen LogP contribution in [0.25, 0.3) is 0 Å². The van der Waals surface area contributed by atoms with Crippen molar-refractivity contribution in [2.24, 2.45) is 11.8 Å². The summed E-state index contributed by atoms with van der Waals surface area (Å²) >= 11 is 0. The van der Waals surface area contributed by atoms with Gasteiger partial charge in [0.15, 0.2) is 0 Å². The Morgan fingerprint density at radius 2 is 1.82 bits per heavy atom. The average molecular weight is 310 g/mol. The summed E-state index contributed by atoms with van der Waals surface area (Å²) in [6.07, 6.45) is 0.754. The van der Waals surface area contributed by atoms with E-state index in [1.165, 1.54) is 0 Å². The van der Waals surface area contributed by atoms with Gasteiger partial charge in [0.25, 0.3) is 0 Å². The Morgan fingerprint density at radius 3 is 2.32 bits per heavy atom. The highest BCUT2D eigenvalue weighted by atomic mass is 16.5. The van der Waals surface area contributed by atoms with E-state index >= 15 is 0 Å². The van der Waals surface area contributed by atoms with Gasteiger partial charge < -0.3 is 14.2 Å². The molecule has 1 unspecified atom stereocenters. The van der Waals surface area contributed by atoms with Crippen molar-refractivity contribution in [3.8, 4) is 11.5 Å². The van der Waals surface area contributed by atoms with Crippen LogP contribution < -0.4 is 9.47 Å². The zero-order chi connectivity index (χ0) is 17.1. The number of ketones is 1. The Balaban J connectivity index is 0.000000789. The summed E-state index contributed by atoms with van der Waals surface area (Å²) in [6.45, 7) is 8.36. The minimum Gasteiger partial charge on any atom is -0.497 e. The van der Waals surface area contributed by atoms with Crippen LogP contribution in [0.15, 0.2) is 18.2 Å². The lowest BCUT2D eigenvalue weighted by Gasteiger charge is -2.25. The fourth-order valence-electron chi connectivity index (χ4n) is 2.15. The normalized spacial score (nSPS) is 15.4. The van der Waals surface area contributed by atoms with E-state index in [1.54, 1.807) is 21.3 Å². The third-order valence-corrected chi connectivity index (χ3v) is 3.15. The molecule has 1 aromatic carbocycles. The van der Waals surface area contributed by atoms with Gasteiger partial charge in [-0.1, -0.05) is 27.7 Å². The third-order valence-electron chi connectivity index (χ3n) is 3.15. The summed E-state index contributed by atoms with van der Waals surface area (Å²) in [6, 6.07) is 5.74. The summed E-state index contributed by atoms with van der Waals surface area (Å²) in [5.41, 5.74) is 1.06. The van der Waals surface area contributed by atoms with Crippen LogP contribution in [-0.2, 0) is 16.0 Å². The summed E-state index contributed by atoms with van der Waals surface area (Å²) in [4.78, 5) is 12.0. The van der Waals surface area contributed by atoms with Crippen molar-refractivity contribution in [3.63, 3.8) is 0 Å². The number of fused-ring (bicyclic) bond motifs is 1. The molecule has 0 amide bonds. The number of carbonyl (C=O) groups excluding carboxylic acids is 1. The first-order chi connectivity index (χ1) is 10.5. The first-order valence-corrected chi connectivity index (χ1v) is 7.77. The molecule has 0 N–H and O–H groups in total. The Bertz CT molecular complexity index is 441. The highest BCUT2D eigenvalue weighted by Crippen LogP contribution is 2.31. The van der Waals surface area contributed by atoms with E-state index in [4.69, 9.17) is 9.47 Å². The van der Waals surface area contributed by atoms with Crippen molar-refractivity contribution < 1.29 is 19.0 Å². The van der Waals surface area contributed by atoms with Crippen LogP contribution in [0.4, 0.5) is 0 Å². The lowest BCUT2D eigenvalue weighted by atomic mass is 9.88. The molecule has 0 aromatic heterocycles. The predicted molar refractivity (Wildman–Crippen MR) is 89.8 cm³/mol. The number of hydrogen-bond acceptors (Lipinski definition) is 4.